The maximum Gasteiger partial charge on any atom is 0.401 e. The van der Waals surface area contributed by atoms with Gasteiger partial charge in [0.1, 0.15) is 18.4 Å². The molecule has 0 bridgehead atoms. The Balaban J connectivity index is 0.706. The fourth-order valence-corrected chi connectivity index (χ4v) is 11.7. The first-order valence-corrected chi connectivity index (χ1v) is 22.1. The number of pyridine rings is 1. The maximum absolute atomic E-state index is 14.0. The van der Waals surface area contributed by atoms with E-state index in [4.69, 9.17) is 14.5 Å². The summed E-state index contributed by atoms with van der Waals surface area (Å²) in [6.07, 6.45) is 1.37. The molecule has 16 heteroatoms. The number of ether oxygens (including phenoxy) is 2. The van der Waals surface area contributed by atoms with E-state index in [9.17, 15) is 27.6 Å². The second-order valence-electron chi connectivity index (χ2n) is 18.6. The van der Waals surface area contributed by atoms with Crippen molar-refractivity contribution in [3.05, 3.63) is 82.8 Å². The van der Waals surface area contributed by atoms with E-state index < -0.39 is 30.7 Å². The Morgan fingerprint density at radius 2 is 1.79 bits per heavy atom. The molecule has 5 atom stereocenters. The standard InChI is InChI=1S/C46H51F3N8O5/c1-27-18-33-31-4-2-3-5-35(31)51-40(33)41(57(27)26-46(47,48)49)36-8-6-29(20-50-36)54-14-12-45(13-15-54)19-28(24-62-45)21-53-16-17-55-30(22-53)25-61-42-34-23-56(38-10-11-39(58)52-43(38)59)44(60)32(34)7-9-37(42)55/h2-9,20,27-28,30,38,41,51H,10-19,21-26H2,1H3,(H,52,58,59)/t27-,28?,30-,38?,41?/m1/s1. The number of fused-ring (bicyclic) bond motifs is 8. The van der Waals surface area contributed by atoms with Crippen molar-refractivity contribution in [1.29, 1.82) is 0 Å². The highest BCUT2D eigenvalue weighted by molar-refractivity contribution is 6.06. The normalized spacial score (nSPS) is 27.6. The van der Waals surface area contributed by atoms with Crippen LogP contribution in [0.4, 0.5) is 24.5 Å². The van der Waals surface area contributed by atoms with Crippen LogP contribution in [-0.2, 0) is 27.3 Å². The third-order valence-electron chi connectivity index (χ3n) is 14.7. The van der Waals surface area contributed by atoms with Crippen molar-refractivity contribution < 1.29 is 37.0 Å². The number of carbonyl (C=O) groups is 3. The molecular weight excluding hydrogens is 802 g/mol. The zero-order valence-corrected chi connectivity index (χ0v) is 34.8. The lowest BCUT2D eigenvalue weighted by Gasteiger charge is -2.46. The van der Waals surface area contributed by atoms with Crippen LogP contribution < -0.4 is 19.9 Å². The minimum absolute atomic E-state index is 0.162. The van der Waals surface area contributed by atoms with Gasteiger partial charge in [-0.3, -0.25) is 34.5 Å². The van der Waals surface area contributed by atoms with Crippen LogP contribution in [0.5, 0.6) is 5.75 Å². The average molecular weight is 853 g/mol. The largest absolute Gasteiger partial charge is 0.489 e. The Hall–Kier alpha value is -5.19. The molecule has 7 aliphatic heterocycles. The van der Waals surface area contributed by atoms with E-state index >= 15 is 0 Å². The van der Waals surface area contributed by atoms with E-state index in [1.54, 1.807) is 4.90 Å². The summed E-state index contributed by atoms with van der Waals surface area (Å²) in [4.78, 5) is 56.4. The van der Waals surface area contributed by atoms with Gasteiger partial charge < -0.3 is 29.2 Å². The number of benzene rings is 2. The molecule has 3 unspecified atom stereocenters. The molecule has 9 heterocycles. The van der Waals surface area contributed by atoms with Gasteiger partial charge in [-0.25, -0.2) is 0 Å². The number of alkyl halides is 3. The van der Waals surface area contributed by atoms with Crippen molar-refractivity contribution in [3.63, 3.8) is 0 Å². The van der Waals surface area contributed by atoms with Gasteiger partial charge in [-0.2, -0.15) is 13.2 Å². The number of imide groups is 1. The lowest BCUT2D eigenvalue weighted by atomic mass is 9.85. The molecule has 11 rings (SSSR count). The number of piperidine rings is 2. The summed E-state index contributed by atoms with van der Waals surface area (Å²) in [5.41, 5.74) is 6.59. The minimum Gasteiger partial charge on any atom is -0.489 e. The van der Waals surface area contributed by atoms with E-state index in [2.05, 4.69) is 25.0 Å². The summed E-state index contributed by atoms with van der Waals surface area (Å²) in [6, 6.07) is 14.3. The van der Waals surface area contributed by atoms with Crippen LogP contribution >= 0.6 is 0 Å². The highest BCUT2D eigenvalue weighted by Crippen LogP contribution is 2.46. The van der Waals surface area contributed by atoms with Crippen LogP contribution in [0.15, 0.2) is 54.7 Å². The van der Waals surface area contributed by atoms with Gasteiger partial charge in [0.2, 0.25) is 11.8 Å². The van der Waals surface area contributed by atoms with Gasteiger partial charge in [0, 0.05) is 79.5 Å². The molecule has 1 spiro atoms. The lowest BCUT2D eigenvalue weighted by molar-refractivity contribution is -0.155. The first-order valence-electron chi connectivity index (χ1n) is 22.1. The third-order valence-corrected chi connectivity index (χ3v) is 14.7. The molecule has 4 fully saturated rings. The van der Waals surface area contributed by atoms with Crippen molar-refractivity contribution >= 4 is 40.0 Å². The van der Waals surface area contributed by atoms with Gasteiger partial charge in [-0.15, -0.1) is 0 Å². The number of rotatable bonds is 6. The summed E-state index contributed by atoms with van der Waals surface area (Å²) in [6.45, 7) is 7.61. The van der Waals surface area contributed by atoms with Crippen LogP contribution in [0, 0.1) is 5.92 Å². The monoisotopic (exact) mass is 852 g/mol. The quantitative estimate of drug-likeness (QED) is 0.251. The molecule has 4 aromatic rings. The number of H-pyrrole nitrogens is 1. The van der Waals surface area contributed by atoms with Crippen LogP contribution in [-0.4, -0.2) is 131 Å². The van der Waals surface area contributed by atoms with Crippen LogP contribution in [0.25, 0.3) is 10.9 Å². The van der Waals surface area contributed by atoms with Crippen LogP contribution in [0.1, 0.15) is 77.9 Å². The van der Waals surface area contributed by atoms with Crippen LogP contribution in [0.2, 0.25) is 0 Å². The number of nitrogens with one attached hydrogen (secondary N) is 2. The molecule has 2 aromatic heterocycles. The molecule has 7 aliphatic rings. The Morgan fingerprint density at radius 3 is 2.58 bits per heavy atom. The van der Waals surface area contributed by atoms with Gasteiger partial charge in [-0.1, -0.05) is 18.2 Å². The lowest BCUT2D eigenvalue weighted by Crippen LogP contribution is -2.58. The summed E-state index contributed by atoms with van der Waals surface area (Å²) < 4.78 is 54.9. The molecule has 3 amide bonds. The molecule has 0 radical (unpaired) electrons. The highest BCUT2D eigenvalue weighted by atomic mass is 19.4. The first kappa shape index (κ1) is 39.6. The highest BCUT2D eigenvalue weighted by Gasteiger charge is 2.47. The van der Waals surface area contributed by atoms with Crippen molar-refractivity contribution in [1.82, 2.24) is 30.0 Å². The van der Waals surface area contributed by atoms with Crippen molar-refractivity contribution in [2.24, 2.45) is 5.92 Å². The Morgan fingerprint density at radius 1 is 0.952 bits per heavy atom. The molecule has 326 valence electrons. The van der Waals surface area contributed by atoms with Crippen molar-refractivity contribution in [2.75, 3.05) is 68.8 Å². The molecule has 2 N–H and O–H groups in total. The average Bonchev–Trinajstić information content (AvgIpc) is 3.93. The van der Waals surface area contributed by atoms with E-state index in [1.807, 2.05) is 61.7 Å². The second kappa shape index (κ2) is 15.0. The number of aromatic nitrogens is 2. The topological polar surface area (TPSA) is 127 Å². The molecular formula is C46H51F3N8O5. The zero-order chi connectivity index (χ0) is 42.5. The fraction of sp³-hybridized carbons (Fsp3) is 0.522. The van der Waals surface area contributed by atoms with Gasteiger partial charge in [0.05, 0.1) is 60.6 Å². The van der Waals surface area contributed by atoms with Crippen LogP contribution in [0.3, 0.4) is 0 Å². The number of anilines is 2. The van der Waals surface area contributed by atoms with Gasteiger partial charge in [0.15, 0.2) is 0 Å². The van der Waals surface area contributed by atoms with Gasteiger partial charge in [-0.05, 0) is 80.8 Å². The minimum atomic E-state index is -4.34. The predicted molar refractivity (Wildman–Crippen MR) is 224 cm³/mol. The van der Waals surface area contributed by atoms with E-state index in [-0.39, 0.29) is 35.9 Å². The number of para-hydroxylation sites is 1. The number of hydrogen-bond acceptors (Lipinski definition) is 10. The first-order chi connectivity index (χ1) is 29.9. The molecule has 2 aromatic carbocycles. The number of nitrogens with zero attached hydrogens (tertiary/aromatic N) is 6. The fourth-order valence-electron chi connectivity index (χ4n) is 11.7. The molecule has 13 nitrogen and oxygen atoms in total. The molecule has 0 saturated carbocycles. The van der Waals surface area contributed by atoms with Gasteiger partial charge in [0.25, 0.3) is 5.91 Å². The van der Waals surface area contributed by atoms with Crippen molar-refractivity contribution in [2.45, 2.75) is 87.9 Å². The summed E-state index contributed by atoms with van der Waals surface area (Å²) >= 11 is 0. The van der Waals surface area contributed by atoms with Crippen molar-refractivity contribution in [3.8, 4) is 5.75 Å². The number of carbonyl (C=O) groups excluding carboxylic acids is 3. The summed E-state index contributed by atoms with van der Waals surface area (Å²) in [5.74, 6) is 0.235. The summed E-state index contributed by atoms with van der Waals surface area (Å²) in [5, 5.41) is 3.43. The Bertz CT molecular complexity index is 2430. The second-order valence-corrected chi connectivity index (χ2v) is 18.6. The Kier molecular flexibility index (Phi) is 9.58. The SMILES string of the molecule is C[C@@H]1Cc2c([nH]c3ccccc23)C(c2ccc(N3CCC4(CC3)CC(CN3CCN5c6ccc7c(c6OC[C@H]5C3)CN(C3CCC(=O)NC3=O)C7=O)CO4)cn2)N1CC(F)(F)F. The van der Waals surface area contributed by atoms with E-state index in [1.165, 1.54) is 4.90 Å². The number of halogens is 3. The molecule has 62 heavy (non-hydrogen) atoms. The summed E-state index contributed by atoms with van der Waals surface area (Å²) in [7, 11) is 0. The zero-order valence-electron chi connectivity index (χ0n) is 34.8. The van der Waals surface area contributed by atoms with E-state index in [0.717, 1.165) is 110 Å². The third kappa shape index (κ3) is 6.89. The number of amides is 3. The predicted octanol–water partition coefficient (Wildman–Crippen LogP) is 5.18. The van der Waals surface area contributed by atoms with Gasteiger partial charge >= 0.3 is 6.18 Å². The maximum atomic E-state index is 14.0. The van der Waals surface area contributed by atoms with E-state index in [0.29, 0.717) is 43.2 Å². The number of hydrogen-bond donors (Lipinski definition) is 2. The Labute approximate surface area is 357 Å². The molecule has 4 saturated heterocycles. The smallest absolute Gasteiger partial charge is 0.401 e. The number of aromatic amines is 1. The number of piperazine rings is 1. The molecule has 0 aliphatic carbocycles.